The Morgan fingerprint density at radius 1 is 1.36 bits per heavy atom. The molecule has 4 saturated carbocycles. The van der Waals surface area contributed by atoms with Crippen molar-refractivity contribution in [3.63, 3.8) is 0 Å². The first-order valence-electron chi connectivity index (χ1n) is 9.24. The molecule has 0 N–H and O–H groups in total. The SMILES string of the molecule is Cn1cnnc1SCC(=O)N(CCC#N)C12CC3CC(CC(C3)C1)C2. The highest BCUT2D eigenvalue weighted by atomic mass is 32.2. The Hall–Kier alpha value is -1.55. The number of thioether (sulfide) groups is 1. The number of hydrogen-bond donors (Lipinski definition) is 0. The van der Waals surface area contributed by atoms with Crippen LogP contribution in [0.5, 0.6) is 0 Å². The van der Waals surface area contributed by atoms with Crippen molar-refractivity contribution in [2.45, 2.75) is 55.6 Å². The average Bonchev–Trinajstić information content (AvgIpc) is 2.97. The van der Waals surface area contributed by atoms with Crippen LogP contribution in [0.1, 0.15) is 44.9 Å². The molecule has 1 heterocycles. The first-order chi connectivity index (χ1) is 12.1. The fourth-order valence-corrected chi connectivity index (χ4v) is 6.56. The number of carbonyl (C=O) groups is 1. The van der Waals surface area contributed by atoms with Crippen LogP contribution in [0.15, 0.2) is 11.5 Å². The summed E-state index contributed by atoms with van der Waals surface area (Å²) in [6.45, 7) is 0.570. The second kappa shape index (κ2) is 6.64. The van der Waals surface area contributed by atoms with Gasteiger partial charge in [0.05, 0.1) is 18.2 Å². The molecule has 1 amide bonds. The lowest BCUT2D eigenvalue weighted by Gasteiger charge is -2.60. The van der Waals surface area contributed by atoms with Crippen LogP contribution >= 0.6 is 11.8 Å². The summed E-state index contributed by atoms with van der Waals surface area (Å²) in [4.78, 5) is 15.2. The molecular weight excluding hydrogens is 334 g/mol. The molecule has 1 aromatic heterocycles. The molecule has 0 unspecified atom stereocenters. The quantitative estimate of drug-likeness (QED) is 0.730. The molecule has 25 heavy (non-hydrogen) atoms. The van der Waals surface area contributed by atoms with Crippen molar-refractivity contribution in [1.82, 2.24) is 19.7 Å². The highest BCUT2D eigenvalue weighted by molar-refractivity contribution is 7.99. The van der Waals surface area contributed by atoms with Gasteiger partial charge in [0.2, 0.25) is 5.91 Å². The Morgan fingerprint density at radius 2 is 2.00 bits per heavy atom. The smallest absolute Gasteiger partial charge is 0.233 e. The molecule has 0 aliphatic heterocycles. The van der Waals surface area contributed by atoms with E-state index in [2.05, 4.69) is 21.2 Å². The van der Waals surface area contributed by atoms with Gasteiger partial charge in [0.1, 0.15) is 6.33 Å². The van der Waals surface area contributed by atoms with E-state index in [1.165, 1.54) is 31.0 Å². The summed E-state index contributed by atoms with van der Waals surface area (Å²) in [5.74, 6) is 2.89. The number of nitrogens with zero attached hydrogens (tertiary/aromatic N) is 5. The Labute approximate surface area is 153 Å². The summed E-state index contributed by atoms with van der Waals surface area (Å²) in [5.41, 5.74) is 0.0170. The van der Waals surface area contributed by atoms with Crippen LogP contribution in [0.4, 0.5) is 0 Å². The molecule has 0 spiro atoms. The lowest BCUT2D eigenvalue weighted by molar-refractivity contribution is -0.147. The van der Waals surface area contributed by atoms with E-state index in [9.17, 15) is 4.79 Å². The van der Waals surface area contributed by atoms with E-state index in [-0.39, 0.29) is 11.4 Å². The van der Waals surface area contributed by atoms with Gasteiger partial charge in [-0.05, 0) is 56.3 Å². The molecule has 1 aromatic rings. The lowest BCUT2D eigenvalue weighted by atomic mass is 9.52. The summed E-state index contributed by atoms with van der Waals surface area (Å²) < 4.78 is 1.84. The molecule has 4 fully saturated rings. The lowest BCUT2D eigenvalue weighted by Crippen LogP contribution is -2.62. The predicted octanol–water partition coefficient (Wildman–Crippen LogP) is 2.62. The summed E-state index contributed by atoms with van der Waals surface area (Å²) in [6.07, 6.45) is 9.56. The van der Waals surface area contributed by atoms with E-state index in [0.717, 1.165) is 42.2 Å². The number of amides is 1. The minimum Gasteiger partial charge on any atom is -0.335 e. The van der Waals surface area contributed by atoms with Gasteiger partial charge < -0.3 is 9.47 Å². The Kier molecular flexibility index (Phi) is 4.48. The summed E-state index contributed by atoms with van der Waals surface area (Å²) >= 11 is 1.44. The average molecular weight is 359 g/mol. The molecule has 134 valence electrons. The molecule has 4 bridgehead atoms. The largest absolute Gasteiger partial charge is 0.335 e. The molecule has 0 saturated heterocycles. The Morgan fingerprint density at radius 3 is 2.52 bits per heavy atom. The van der Waals surface area contributed by atoms with Crippen LogP contribution in [0, 0.1) is 29.1 Å². The summed E-state index contributed by atoms with van der Waals surface area (Å²) in [5, 5.41) is 17.8. The first-order valence-corrected chi connectivity index (χ1v) is 10.2. The number of nitriles is 1. The van der Waals surface area contributed by atoms with Crippen molar-refractivity contribution < 1.29 is 4.79 Å². The molecule has 0 radical (unpaired) electrons. The van der Waals surface area contributed by atoms with Gasteiger partial charge in [-0.15, -0.1) is 10.2 Å². The van der Waals surface area contributed by atoms with Crippen molar-refractivity contribution in [2.75, 3.05) is 12.3 Å². The number of rotatable bonds is 6. The normalized spacial score (nSPS) is 32.6. The van der Waals surface area contributed by atoms with Crippen LogP contribution in [-0.4, -0.2) is 43.4 Å². The van der Waals surface area contributed by atoms with E-state index >= 15 is 0 Å². The van der Waals surface area contributed by atoms with Crippen LogP contribution in [0.25, 0.3) is 0 Å². The highest BCUT2D eigenvalue weighted by Gasteiger charge is 2.54. The minimum absolute atomic E-state index is 0.0170. The number of hydrogen-bond acceptors (Lipinski definition) is 5. The van der Waals surface area contributed by atoms with Gasteiger partial charge in [-0.2, -0.15) is 5.26 Å². The van der Waals surface area contributed by atoms with Crippen molar-refractivity contribution in [1.29, 1.82) is 5.26 Å². The van der Waals surface area contributed by atoms with Gasteiger partial charge >= 0.3 is 0 Å². The number of aryl methyl sites for hydroxylation is 1. The van der Waals surface area contributed by atoms with Crippen LogP contribution in [-0.2, 0) is 11.8 Å². The Bertz CT molecular complexity index is 659. The van der Waals surface area contributed by atoms with E-state index in [4.69, 9.17) is 5.26 Å². The molecule has 6 nitrogen and oxygen atoms in total. The van der Waals surface area contributed by atoms with Crippen molar-refractivity contribution in [3.8, 4) is 6.07 Å². The molecule has 0 aromatic carbocycles. The third-order valence-corrected chi connectivity index (χ3v) is 7.34. The predicted molar refractivity (Wildman–Crippen MR) is 94.6 cm³/mol. The Balaban J connectivity index is 1.50. The zero-order chi connectivity index (χ0) is 17.4. The fourth-order valence-electron chi connectivity index (χ4n) is 5.79. The maximum Gasteiger partial charge on any atom is 0.233 e. The van der Waals surface area contributed by atoms with Gasteiger partial charge in [0, 0.05) is 19.1 Å². The van der Waals surface area contributed by atoms with E-state index in [0.29, 0.717) is 18.7 Å². The third kappa shape index (κ3) is 3.17. The van der Waals surface area contributed by atoms with Gasteiger partial charge in [-0.25, -0.2) is 0 Å². The third-order valence-electron chi connectivity index (χ3n) is 6.32. The van der Waals surface area contributed by atoms with Gasteiger partial charge in [-0.1, -0.05) is 11.8 Å². The van der Waals surface area contributed by atoms with Gasteiger partial charge in [0.15, 0.2) is 5.16 Å². The second-order valence-corrected chi connectivity index (χ2v) is 9.05. The van der Waals surface area contributed by atoms with Gasteiger partial charge in [-0.3, -0.25) is 4.79 Å². The zero-order valence-electron chi connectivity index (χ0n) is 14.7. The first kappa shape index (κ1) is 16.9. The molecule has 5 rings (SSSR count). The molecule has 7 heteroatoms. The fraction of sp³-hybridized carbons (Fsp3) is 0.778. The monoisotopic (exact) mass is 359 g/mol. The topological polar surface area (TPSA) is 74.8 Å². The van der Waals surface area contributed by atoms with E-state index in [1.807, 2.05) is 11.6 Å². The minimum atomic E-state index is 0.0170. The van der Waals surface area contributed by atoms with E-state index < -0.39 is 0 Å². The zero-order valence-corrected chi connectivity index (χ0v) is 15.5. The van der Waals surface area contributed by atoms with Crippen molar-refractivity contribution >= 4 is 17.7 Å². The standard InChI is InChI=1S/C18H25N5OS/c1-22-12-20-21-17(22)25-11-16(24)23(4-2-3-19)18-8-13-5-14(9-18)7-15(6-13)10-18/h12-15H,2,4-11H2,1H3. The molecule has 4 aliphatic rings. The second-order valence-electron chi connectivity index (χ2n) is 8.11. The van der Waals surface area contributed by atoms with Gasteiger partial charge in [0.25, 0.3) is 0 Å². The molecular formula is C18H25N5OS. The van der Waals surface area contributed by atoms with E-state index in [1.54, 1.807) is 6.33 Å². The summed E-state index contributed by atoms with van der Waals surface area (Å²) in [7, 11) is 1.89. The number of aromatic nitrogens is 3. The van der Waals surface area contributed by atoms with Crippen LogP contribution in [0.3, 0.4) is 0 Å². The molecule has 4 aliphatic carbocycles. The van der Waals surface area contributed by atoms with Crippen molar-refractivity contribution in [3.05, 3.63) is 6.33 Å². The highest BCUT2D eigenvalue weighted by Crippen LogP contribution is 2.57. The summed E-state index contributed by atoms with van der Waals surface area (Å²) in [6, 6.07) is 2.24. The maximum absolute atomic E-state index is 13.1. The van der Waals surface area contributed by atoms with Crippen molar-refractivity contribution in [2.24, 2.45) is 24.8 Å². The maximum atomic E-state index is 13.1. The van der Waals surface area contributed by atoms with Crippen LogP contribution in [0.2, 0.25) is 0 Å². The van der Waals surface area contributed by atoms with Crippen LogP contribution < -0.4 is 0 Å². The molecule has 0 atom stereocenters. The number of carbonyl (C=O) groups excluding carboxylic acids is 1.